The molecule has 1 aromatic heterocycles. The fourth-order valence-corrected chi connectivity index (χ4v) is 4.00. The second-order valence-electron chi connectivity index (χ2n) is 6.85. The van der Waals surface area contributed by atoms with Crippen molar-refractivity contribution in [2.45, 2.75) is 49.3 Å². The van der Waals surface area contributed by atoms with E-state index in [1.54, 1.807) is 0 Å². The summed E-state index contributed by atoms with van der Waals surface area (Å²) in [5.74, 6) is 0.920. The number of rotatable bonds is 9. The summed E-state index contributed by atoms with van der Waals surface area (Å²) in [7, 11) is 0. The number of aromatic nitrogens is 2. The molecule has 5 nitrogen and oxygen atoms in total. The Morgan fingerprint density at radius 3 is 2.73 bits per heavy atom. The second kappa shape index (κ2) is 9.12. The number of hydrogen-bond acceptors (Lipinski definition) is 3. The highest BCUT2D eigenvalue weighted by Crippen LogP contribution is 2.51. The van der Waals surface area contributed by atoms with Crippen LogP contribution in [0.1, 0.15) is 31.7 Å². The number of aryl methyl sites for hydroxylation is 2. The molecule has 0 aliphatic heterocycles. The molecule has 140 valence electrons. The fraction of sp³-hybridized carbons (Fsp3) is 0.500. The molecule has 1 fully saturated rings. The van der Waals surface area contributed by atoms with Crippen LogP contribution in [0.5, 0.6) is 0 Å². The molecule has 26 heavy (non-hydrogen) atoms. The van der Waals surface area contributed by atoms with E-state index in [2.05, 4.69) is 66.1 Å². The van der Waals surface area contributed by atoms with Gasteiger partial charge < -0.3 is 10.6 Å². The molecule has 0 atom stereocenters. The third-order valence-corrected chi connectivity index (χ3v) is 5.85. The Labute approximate surface area is 160 Å². The molecule has 0 bridgehead atoms. The molecule has 3 rings (SSSR count). The van der Waals surface area contributed by atoms with Gasteiger partial charge in [-0.3, -0.25) is 9.67 Å². The minimum absolute atomic E-state index is 0.288. The topological polar surface area (TPSA) is 54.2 Å². The monoisotopic (exact) mass is 371 g/mol. The number of guanidine groups is 1. The quantitative estimate of drug-likeness (QED) is 0.403. The van der Waals surface area contributed by atoms with E-state index in [1.807, 2.05) is 22.6 Å². The van der Waals surface area contributed by atoms with Crippen LogP contribution in [0.25, 0.3) is 0 Å². The van der Waals surface area contributed by atoms with E-state index >= 15 is 0 Å². The fourth-order valence-electron chi connectivity index (χ4n) is 2.77. The third kappa shape index (κ3) is 5.80. The van der Waals surface area contributed by atoms with Gasteiger partial charge in [-0.15, -0.1) is 11.8 Å². The molecular weight excluding hydrogens is 342 g/mol. The zero-order chi connectivity index (χ0) is 18.2. The van der Waals surface area contributed by atoms with Crippen molar-refractivity contribution in [1.82, 2.24) is 20.4 Å². The molecule has 6 heteroatoms. The van der Waals surface area contributed by atoms with Crippen LogP contribution in [0.3, 0.4) is 0 Å². The van der Waals surface area contributed by atoms with Gasteiger partial charge in [0.05, 0.1) is 12.7 Å². The normalized spacial score (nSPS) is 15.7. The molecule has 0 unspecified atom stereocenters. The minimum atomic E-state index is 0.288. The highest BCUT2D eigenvalue weighted by molar-refractivity contribution is 8.01. The van der Waals surface area contributed by atoms with Crippen molar-refractivity contribution in [1.29, 1.82) is 0 Å². The molecule has 1 heterocycles. The Hall–Kier alpha value is -1.95. The van der Waals surface area contributed by atoms with Crippen LogP contribution in [0, 0.1) is 6.92 Å². The third-order valence-electron chi connectivity index (χ3n) is 4.37. The Bertz CT molecular complexity index is 706. The first-order valence-corrected chi connectivity index (χ1v) is 10.3. The summed E-state index contributed by atoms with van der Waals surface area (Å²) in [6.45, 7) is 7.73. The van der Waals surface area contributed by atoms with Gasteiger partial charge in [-0.2, -0.15) is 5.10 Å². The van der Waals surface area contributed by atoms with E-state index in [4.69, 9.17) is 4.99 Å². The lowest BCUT2D eigenvalue weighted by Gasteiger charge is -2.15. The summed E-state index contributed by atoms with van der Waals surface area (Å²) in [6, 6.07) is 10.7. The molecule has 1 aromatic carbocycles. The highest BCUT2D eigenvalue weighted by Gasteiger charge is 2.43. The Morgan fingerprint density at radius 2 is 2.08 bits per heavy atom. The average molecular weight is 372 g/mol. The van der Waals surface area contributed by atoms with Crippen molar-refractivity contribution in [3.63, 3.8) is 0 Å². The lowest BCUT2D eigenvalue weighted by atomic mass is 10.4. The van der Waals surface area contributed by atoms with Crippen molar-refractivity contribution in [2.24, 2.45) is 4.99 Å². The van der Waals surface area contributed by atoms with Crippen molar-refractivity contribution in [3.8, 4) is 0 Å². The second-order valence-corrected chi connectivity index (χ2v) is 8.40. The molecule has 2 N–H and O–H groups in total. The first-order chi connectivity index (χ1) is 12.7. The standard InChI is InChI=1S/C20H29N5S/c1-3-21-19(22-12-7-13-25-15-17(2)14-24-25)23-16-20(10-11-20)26-18-8-5-4-6-9-18/h4-6,8-9,14-15H,3,7,10-13,16H2,1-2H3,(H2,21,22,23). The number of nitrogens with one attached hydrogen (secondary N) is 2. The molecule has 1 aliphatic rings. The first kappa shape index (κ1) is 18.8. The summed E-state index contributed by atoms with van der Waals surface area (Å²) in [5.41, 5.74) is 1.21. The largest absolute Gasteiger partial charge is 0.357 e. The predicted octanol–water partition coefficient (Wildman–Crippen LogP) is 3.46. The number of benzene rings is 1. The molecule has 0 radical (unpaired) electrons. The van der Waals surface area contributed by atoms with Crippen LogP contribution < -0.4 is 10.6 Å². The van der Waals surface area contributed by atoms with Gasteiger partial charge in [-0.1, -0.05) is 18.2 Å². The maximum absolute atomic E-state index is 4.84. The molecular formula is C20H29N5S. The van der Waals surface area contributed by atoms with Gasteiger partial charge in [0.25, 0.3) is 0 Å². The molecule has 0 spiro atoms. The summed E-state index contributed by atoms with van der Waals surface area (Å²) in [4.78, 5) is 6.18. The van der Waals surface area contributed by atoms with Crippen LogP contribution in [-0.4, -0.2) is 40.1 Å². The Kier molecular flexibility index (Phi) is 6.61. The van der Waals surface area contributed by atoms with E-state index in [0.717, 1.165) is 38.6 Å². The summed E-state index contributed by atoms with van der Waals surface area (Å²) < 4.78 is 2.28. The van der Waals surface area contributed by atoms with Crippen molar-refractivity contribution in [2.75, 3.05) is 19.6 Å². The van der Waals surface area contributed by atoms with Crippen LogP contribution in [0.15, 0.2) is 52.6 Å². The average Bonchev–Trinajstić information content (AvgIpc) is 3.28. The lowest BCUT2D eigenvalue weighted by molar-refractivity contribution is 0.570. The Morgan fingerprint density at radius 1 is 1.27 bits per heavy atom. The number of thioether (sulfide) groups is 1. The van der Waals surface area contributed by atoms with Crippen LogP contribution in [0.2, 0.25) is 0 Å². The van der Waals surface area contributed by atoms with Crippen LogP contribution in [-0.2, 0) is 6.54 Å². The number of nitrogens with zero attached hydrogens (tertiary/aromatic N) is 3. The van der Waals surface area contributed by atoms with Crippen LogP contribution >= 0.6 is 11.8 Å². The minimum Gasteiger partial charge on any atom is -0.357 e. The highest BCUT2D eigenvalue weighted by atomic mass is 32.2. The first-order valence-electron chi connectivity index (χ1n) is 9.44. The molecule has 2 aromatic rings. The van der Waals surface area contributed by atoms with Gasteiger partial charge in [-0.25, -0.2) is 0 Å². The SMILES string of the molecule is CCNC(=NCC1(Sc2ccccc2)CC1)NCCCn1cc(C)cn1. The molecule has 1 saturated carbocycles. The molecule has 1 aliphatic carbocycles. The smallest absolute Gasteiger partial charge is 0.191 e. The van der Waals surface area contributed by atoms with E-state index in [9.17, 15) is 0 Å². The van der Waals surface area contributed by atoms with Gasteiger partial charge in [0.2, 0.25) is 0 Å². The van der Waals surface area contributed by atoms with Gasteiger partial charge in [0, 0.05) is 35.5 Å². The van der Waals surface area contributed by atoms with E-state index in [0.29, 0.717) is 0 Å². The van der Waals surface area contributed by atoms with Gasteiger partial charge >= 0.3 is 0 Å². The van der Waals surface area contributed by atoms with E-state index < -0.39 is 0 Å². The lowest BCUT2D eigenvalue weighted by Crippen LogP contribution is -2.38. The summed E-state index contributed by atoms with van der Waals surface area (Å²) in [5, 5.41) is 11.1. The van der Waals surface area contributed by atoms with E-state index in [1.165, 1.54) is 23.3 Å². The number of aliphatic imine (C=N–C) groups is 1. The van der Waals surface area contributed by atoms with Crippen LogP contribution in [0.4, 0.5) is 0 Å². The Balaban J connectivity index is 1.45. The van der Waals surface area contributed by atoms with Gasteiger partial charge in [0.15, 0.2) is 5.96 Å². The molecule has 0 saturated heterocycles. The molecule has 0 amide bonds. The number of hydrogen-bond donors (Lipinski definition) is 2. The predicted molar refractivity (Wildman–Crippen MR) is 110 cm³/mol. The van der Waals surface area contributed by atoms with Crippen molar-refractivity contribution in [3.05, 3.63) is 48.3 Å². The van der Waals surface area contributed by atoms with Crippen molar-refractivity contribution >= 4 is 17.7 Å². The maximum Gasteiger partial charge on any atom is 0.191 e. The maximum atomic E-state index is 4.84. The van der Waals surface area contributed by atoms with Crippen molar-refractivity contribution < 1.29 is 0 Å². The zero-order valence-corrected chi connectivity index (χ0v) is 16.6. The van der Waals surface area contributed by atoms with E-state index in [-0.39, 0.29) is 4.75 Å². The summed E-state index contributed by atoms with van der Waals surface area (Å²) >= 11 is 1.97. The zero-order valence-electron chi connectivity index (χ0n) is 15.7. The van der Waals surface area contributed by atoms with Gasteiger partial charge in [-0.05, 0) is 50.8 Å². The summed E-state index contributed by atoms with van der Waals surface area (Å²) in [6.07, 6.45) is 7.49. The van der Waals surface area contributed by atoms with Gasteiger partial charge in [0.1, 0.15) is 0 Å².